The minimum absolute atomic E-state index is 0.486. The molecule has 0 aromatic carbocycles. The van der Waals surface area contributed by atoms with Gasteiger partial charge in [-0.05, 0) is 57.5 Å². The number of methoxy groups -OCH3 is 1. The average molecular weight is 416 g/mol. The number of rotatable bonds is 8. The Morgan fingerprint density at radius 3 is 3.00 bits per heavy atom. The molecule has 29 heavy (non-hydrogen) atoms. The van der Waals surface area contributed by atoms with Gasteiger partial charge in [-0.25, -0.2) is 4.98 Å². The number of nitrogens with one attached hydrogen (secondary N) is 1. The first-order valence-corrected chi connectivity index (χ1v) is 10.9. The van der Waals surface area contributed by atoms with Gasteiger partial charge in [-0.1, -0.05) is 11.3 Å². The van der Waals surface area contributed by atoms with Gasteiger partial charge in [0.15, 0.2) is 5.13 Å². The highest BCUT2D eigenvalue weighted by Gasteiger charge is 2.19. The fraction of sp³-hybridized carbons (Fsp3) is 0.524. The first-order valence-electron chi connectivity index (χ1n) is 10.1. The lowest BCUT2D eigenvalue weighted by molar-refractivity contribution is 0.163. The Labute approximate surface area is 175 Å². The molecular weight excluding hydrogens is 386 g/mol. The van der Waals surface area contributed by atoms with Crippen LogP contribution in [-0.4, -0.2) is 46.9 Å². The van der Waals surface area contributed by atoms with Crippen molar-refractivity contribution in [2.24, 2.45) is 5.92 Å². The first kappa shape index (κ1) is 20.1. The second kappa shape index (κ2) is 9.11. The Morgan fingerprint density at radius 1 is 1.31 bits per heavy atom. The molecule has 0 bridgehead atoms. The van der Waals surface area contributed by atoms with Gasteiger partial charge in [0, 0.05) is 26.4 Å². The second-order valence-electron chi connectivity index (χ2n) is 7.78. The molecule has 1 fully saturated rings. The molecule has 1 aliphatic rings. The minimum atomic E-state index is 0.486. The average Bonchev–Trinajstić information content (AvgIpc) is 3.41. The summed E-state index contributed by atoms with van der Waals surface area (Å²) in [6, 6.07) is 6.00. The van der Waals surface area contributed by atoms with Crippen LogP contribution in [0.25, 0.3) is 10.6 Å². The maximum atomic E-state index is 5.72. The number of nitrogens with zero attached hydrogens (tertiary/aromatic N) is 4. The Kier molecular flexibility index (Phi) is 6.32. The van der Waals surface area contributed by atoms with Gasteiger partial charge in [-0.2, -0.15) is 5.10 Å². The lowest BCUT2D eigenvalue weighted by atomic mass is 9.99. The number of piperidine rings is 1. The minimum Gasteiger partial charge on any atom is -0.462 e. The summed E-state index contributed by atoms with van der Waals surface area (Å²) in [7, 11) is 3.87. The van der Waals surface area contributed by atoms with E-state index in [-0.39, 0.29) is 0 Å². The summed E-state index contributed by atoms with van der Waals surface area (Å²) in [5.41, 5.74) is 2.00. The van der Waals surface area contributed by atoms with Gasteiger partial charge in [-0.15, -0.1) is 0 Å². The fourth-order valence-corrected chi connectivity index (χ4v) is 4.81. The smallest absolute Gasteiger partial charge is 0.183 e. The zero-order valence-corrected chi connectivity index (χ0v) is 18.2. The molecule has 0 amide bonds. The lowest BCUT2D eigenvalue weighted by Gasteiger charge is -2.29. The molecule has 156 valence electrons. The van der Waals surface area contributed by atoms with E-state index in [0.717, 1.165) is 46.0 Å². The van der Waals surface area contributed by atoms with Crippen LogP contribution in [-0.2, 0) is 24.4 Å². The molecule has 8 heteroatoms. The Hall–Kier alpha value is -2.16. The third-order valence-electron chi connectivity index (χ3n) is 5.25. The molecule has 0 radical (unpaired) electrons. The van der Waals surface area contributed by atoms with Crippen LogP contribution in [0.4, 0.5) is 5.13 Å². The topological polar surface area (TPSA) is 68.3 Å². The van der Waals surface area contributed by atoms with Gasteiger partial charge in [0.2, 0.25) is 0 Å². The molecule has 4 rings (SSSR count). The summed E-state index contributed by atoms with van der Waals surface area (Å²) in [4.78, 5) is 8.20. The number of ether oxygens (including phenoxy) is 1. The molecule has 1 unspecified atom stereocenters. The number of anilines is 1. The number of furan rings is 1. The van der Waals surface area contributed by atoms with Crippen LogP contribution in [0.2, 0.25) is 0 Å². The second-order valence-corrected chi connectivity index (χ2v) is 8.78. The molecule has 1 atom stereocenters. The highest BCUT2D eigenvalue weighted by atomic mass is 32.1. The summed E-state index contributed by atoms with van der Waals surface area (Å²) in [5.74, 6) is 2.38. The molecule has 3 aromatic heterocycles. The van der Waals surface area contributed by atoms with Crippen molar-refractivity contribution in [2.45, 2.75) is 39.5 Å². The standard InChI is InChI=1S/C21H29N5O2S/c1-15-20(19-8-10-26(24-19)13-16-5-4-9-25(2)12-16)29-21(23-15)22-11-17-6-7-18(28-17)14-27-3/h6-8,10,16H,4-5,9,11-14H2,1-3H3,(H,22,23). The maximum absolute atomic E-state index is 5.72. The highest BCUT2D eigenvalue weighted by molar-refractivity contribution is 7.19. The van der Waals surface area contributed by atoms with Crippen LogP contribution < -0.4 is 5.32 Å². The summed E-state index contributed by atoms with van der Waals surface area (Å²) in [5, 5.41) is 9.06. The quantitative estimate of drug-likeness (QED) is 0.600. The van der Waals surface area contributed by atoms with E-state index in [1.54, 1.807) is 18.4 Å². The number of thiazole rings is 1. The predicted octanol–water partition coefficient (Wildman–Crippen LogP) is 4.01. The third kappa shape index (κ3) is 5.07. The third-order valence-corrected chi connectivity index (χ3v) is 6.39. The molecule has 0 aliphatic carbocycles. The van der Waals surface area contributed by atoms with Gasteiger partial charge in [0.25, 0.3) is 0 Å². The summed E-state index contributed by atoms with van der Waals surface area (Å²) in [6.07, 6.45) is 4.66. The zero-order valence-electron chi connectivity index (χ0n) is 17.4. The normalized spacial score (nSPS) is 17.7. The van der Waals surface area contributed by atoms with Gasteiger partial charge >= 0.3 is 0 Å². The van der Waals surface area contributed by atoms with Crippen LogP contribution >= 0.6 is 11.3 Å². The lowest BCUT2D eigenvalue weighted by Crippen LogP contribution is -2.34. The molecule has 7 nitrogen and oxygen atoms in total. The number of likely N-dealkylation sites (tertiary alicyclic amines) is 1. The number of aromatic nitrogens is 3. The van der Waals surface area contributed by atoms with Crippen molar-refractivity contribution in [3.63, 3.8) is 0 Å². The van der Waals surface area contributed by atoms with Crippen molar-refractivity contribution in [3.8, 4) is 10.6 Å². The summed E-state index contributed by atoms with van der Waals surface area (Å²) in [6.45, 7) is 6.47. The van der Waals surface area contributed by atoms with Crippen molar-refractivity contribution < 1.29 is 9.15 Å². The van der Waals surface area contributed by atoms with Crippen LogP contribution in [0.5, 0.6) is 0 Å². The van der Waals surface area contributed by atoms with E-state index in [1.165, 1.54) is 19.4 Å². The van der Waals surface area contributed by atoms with E-state index in [4.69, 9.17) is 14.3 Å². The Balaban J connectivity index is 1.38. The molecule has 4 heterocycles. The highest BCUT2D eigenvalue weighted by Crippen LogP contribution is 2.32. The van der Waals surface area contributed by atoms with Crippen LogP contribution in [0.1, 0.15) is 30.1 Å². The molecule has 0 saturated carbocycles. The van der Waals surface area contributed by atoms with Gasteiger partial charge < -0.3 is 19.4 Å². The zero-order chi connectivity index (χ0) is 20.2. The van der Waals surface area contributed by atoms with Gasteiger partial charge in [-0.3, -0.25) is 4.68 Å². The molecular formula is C21H29N5O2S. The van der Waals surface area contributed by atoms with Crippen molar-refractivity contribution >= 4 is 16.5 Å². The van der Waals surface area contributed by atoms with Gasteiger partial charge in [0.1, 0.15) is 23.8 Å². The van der Waals surface area contributed by atoms with E-state index >= 15 is 0 Å². The monoisotopic (exact) mass is 415 g/mol. The van der Waals surface area contributed by atoms with Gasteiger partial charge in [0.05, 0.1) is 17.1 Å². The van der Waals surface area contributed by atoms with Crippen LogP contribution in [0.3, 0.4) is 0 Å². The molecule has 1 saturated heterocycles. The van der Waals surface area contributed by atoms with Crippen LogP contribution in [0.15, 0.2) is 28.8 Å². The fourth-order valence-electron chi connectivity index (χ4n) is 3.88. The van der Waals surface area contributed by atoms with Crippen molar-refractivity contribution in [1.29, 1.82) is 0 Å². The first-order chi connectivity index (χ1) is 14.1. The number of hydrogen-bond acceptors (Lipinski definition) is 7. The van der Waals surface area contributed by atoms with Crippen molar-refractivity contribution in [1.82, 2.24) is 19.7 Å². The van der Waals surface area contributed by atoms with E-state index in [9.17, 15) is 0 Å². The Morgan fingerprint density at radius 2 is 2.17 bits per heavy atom. The van der Waals surface area contributed by atoms with E-state index in [0.29, 0.717) is 19.1 Å². The van der Waals surface area contributed by atoms with Crippen molar-refractivity contribution in [2.75, 3.05) is 32.6 Å². The largest absolute Gasteiger partial charge is 0.462 e. The molecule has 3 aromatic rings. The molecule has 0 spiro atoms. The van der Waals surface area contributed by atoms with Crippen LogP contribution in [0, 0.1) is 12.8 Å². The van der Waals surface area contributed by atoms with E-state index in [2.05, 4.69) is 39.2 Å². The maximum Gasteiger partial charge on any atom is 0.183 e. The SMILES string of the molecule is COCc1ccc(CNc2nc(C)c(-c3ccn(CC4CCCN(C)C4)n3)s2)o1. The summed E-state index contributed by atoms with van der Waals surface area (Å²) < 4.78 is 12.9. The van der Waals surface area contributed by atoms with E-state index < -0.39 is 0 Å². The predicted molar refractivity (Wildman–Crippen MR) is 115 cm³/mol. The Bertz CT molecular complexity index is 931. The summed E-state index contributed by atoms with van der Waals surface area (Å²) >= 11 is 1.64. The number of hydrogen-bond donors (Lipinski definition) is 1. The number of aryl methyl sites for hydroxylation is 1. The van der Waals surface area contributed by atoms with E-state index in [1.807, 2.05) is 19.1 Å². The molecule has 1 N–H and O–H groups in total. The molecule has 1 aliphatic heterocycles. The van der Waals surface area contributed by atoms with Crippen molar-refractivity contribution in [3.05, 3.63) is 41.6 Å².